The van der Waals surface area contributed by atoms with Crippen molar-refractivity contribution in [3.05, 3.63) is 36.1 Å². The number of nitrogens with zero attached hydrogens (tertiary/aromatic N) is 1. The van der Waals surface area contributed by atoms with E-state index in [0.717, 1.165) is 21.5 Å². The molecule has 0 unspecified atom stereocenters. The molecule has 0 aliphatic heterocycles. The summed E-state index contributed by atoms with van der Waals surface area (Å²) in [7, 11) is 0. The molecule has 0 aliphatic carbocycles. The second-order valence-electron chi connectivity index (χ2n) is 3.69. The Labute approximate surface area is 96.5 Å². The van der Waals surface area contributed by atoms with Gasteiger partial charge in [-0.1, -0.05) is 11.3 Å². The first kappa shape index (κ1) is 9.42. The third-order valence-electron chi connectivity index (χ3n) is 2.44. The normalized spacial score (nSPS) is 11.1. The van der Waals surface area contributed by atoms with Crippen LogP contribution in [0.2, 0.25) is 0 Å². The van der Waals surface area contributed by atoms with Gasteiger partial charge in [0, 0.05) is 5.56 Å². The van der Waals surface area contributed by atoms with Crippen LogP contribution in [0, 0.1) is 6.92 Å². The molecule has 0 saturated carbocycles. The summed E-state index contributed by atoms with van der Waals surface area (Å²) >= 11 is 1.50. The SMILES string of the molecule is Cc1cc(-c2ccco2)c2nc(N)sc2c1. The third kappa shape index (κ3) is 1.39. The van der Waals surface area contributed by atoms with E-state index in [0.29, 0.717) is 5.13 Å². The monoisotopic (exact) mass is 230 g/mol. The number of anilines is 1. The molecule has 2 heterocycles. The summed E-state index contributed by atoms with van der Waals surface area (Å²) < 4.78 is 6.52. The van der Waals surface area contributed by atoms with Crippen molar-refractivity contribution in [3.63, 3.8) is 0 Å². The Morgan fingerprint density at radius 1 is 1.38 bits per heavy atom. The molecular formula is C12H10N2OS. The summed E-state index contributed by atoms with van der Waals surface area (Å²) in [6, 6.07) is 7.97. The fourth-order valence-electron chi connectivity index (χ4n) is 1.80. The first-order chi connectivity index (χ1) is 7.74. The average Bonchev–Trinajstić information content (AvgIpc) is 2.83. The number of benzene rings is 1. The molecule has 0 radical (unpaired) electrons. The molecular weight excluding hydrogens is 220 g/mol. The lowest BCUT2D eigenvalue weighted by Gasteiger charge is -2.00. The van der Waals surface area contributed by atoms with E-state index in [2.05, 4.69) is 24.0 Å². The van der Waals surface area contributed by atoms with E-state index in [-0.39, 0.29) is 0 Å². The Balaban J connectivity index is 2.38. The maximum Gasteiger partial charge on any atom is 0.181 e. The molecule has 0 atom stereocenters. The van der Waals surface area contributed by atoms with Gasteiger partial charge in [0.05, 0.1) is 16.5 Å². The van der Waals surface area contributed by atoms with Crippen molar-refractivity contribution < 1.29 is 4.42 Å². The Bertz CT molecular complexity index is 640. The molecule has 0 amide bonds. The summed E-state index contributed by atoms with van der Waals surface area (Å²) in [6.45, 7) is 2.06. The number of nitrogen functional groups attached to an aromatic ring is 1. The maximum atomic E-state index is 5.74. The van der Waals surface area contributed by atoms with Crippen molar-refractivity contribution in [2.75, 3.05) is 5.73 Å². The number of thiazole rings is 1. The first-order valence-electron chi connectivity index (χ1n) is 4.94. The molecule has 1 aromatic carbocycles. The highest BCUT2D eigenvalue weighted by atomic mass is 32.1. The summed E-state index contributed by atoms with van der Waals surface area (Å²) in [4.78, 5) is 4.35. The second-order valence-corrected chi connectivity index (χ2v) is 4.75. The van der Waals surface area contributed by atoms with Crippen molar-refractivity contribution in [1.82, 2.24) is 4.98 Å². The van der Waals surface area contributed by atoms with Crippen LogP contribution in [0.5, 0.6) is 0 Å². The Morgan fingerprint density at radius 2 is 2.25 bits per heavy atom. The molecule has 80 valence electrons. The van der Waals surface area contributed by atoms with Crippen LogP contribution >= 0.6 is 11.3 Å². The molecule has 0 fully saturated rings. The Kier molecular flexibility index (Phi) is 1.97. The number of fused-ring (bicyclic) bond motifs is 1. The highest BCUT2D eigenvalue weighted by Gasteiger charge is 2.11. The topological polar surface area (TPSA) is 52.0 Å². The molecule has 3 nitrogen and oxygen atoms in total. The number of furan rings is 1. The van der Waals surface area contributed by atoms with E-state index in [4.69, 9.17) is 10.2 Å². The molecule has 0 spiro atoms. The molecule has 0 bridgehead atoms. The van der Waals surface area contributed by atoms with Crippen molar-refractivity contribution in [1.29, 1.82) is 0 Å². The average molecular weight is 230 g/mol. The van der Waals surface area contributed by atoms with Gasteiger partial charge in [-0.3, -0.25) is 0 Å². The van der Waals surface area contributed by atoms with Crippen LogP contribution in [0.4, 0.5) is 5.13 Å². The van der Waals surface area contributed by atoms with E-state index >= 15 is 0 Å². The molecule has 4 heteroatoms. The molecule has 2 N–H and O–H groups in total. The highest BCUT2D eigenvalue weighted by Crippen LogP contribution is 2.33. The van der Waals surface area contributed by atoms with Gasteiger partial charge in [0.15, 0.2) is 5.13 Å². The number of aryl methyl sites for hydroxylation is 1. The van der Waals surface area contributed by atoms with Gasteiger partial charge in [0.1, 0.15) is 5.76 Å². The van der Waals surface area contributed by atoms with Crippen LogP contribution < -0.4 is 5.73 Å². The van der Waals surface area contributed by atoms with Gasteiger partial charge in [-0.15, -0.1) is 0 Å². The van der Waals surface area contributed by atoms with Gasteiger partial charge < -0.3 is 10.2 Å². The molecule has 3 rings (SSSR count). The van der Waals surface area contributed by atoms with Gasteiger partial charge in [0.25, 0.3) is 0 Å². The van der Waals surface area contributed by atoms with Crippen LogP contribution in [0.15, 0.2) is 34.9 Å². The molecule has 0 saturated heterocycles. The smallest absolute Gasteiger partial charge is 0.181 e. The van der Waals surface area contributed by atoms with Gasteiger partial charge in [0.2, 0.25) is 0 Å². The van der Waals surface area contributed by atoms with E-state index in [1.165, 1.54) is 16.9 Å². The van der Waals surface area contributed by atoms with Crippen LogP contribution in [0.1, 0.15) is 5.56 Å². The van der Waals surface area contributed by atoms with Crippen molar-refractivity contribution in [2.45, 2.75) is 6.92 Å². The van der Waals surface area contributed by atoms with E-state index in [1.807, 2.05) is 12.1 Å². The highest BCUT2D eigenvalue weighted by molar-refractivity contribution is 7.22. The van der Waals surface area contributed by atoms with Gasteiger partial charge in [-0.05, 0) is 36.8 Å². The number of hydrogen-bond donors (Lipinski definition) is 1. The number of aromatic nitrogens is 1. The first-order valence-corrected chi connectivity index (χ1v) is 5.76. The van der Waals surface area contributed by atoms with Gasteiger partial charge in [-0.2, -0.15) is 0 Å². The number of hydrogen-bond acceptors (Lipinski definition) is 4. The lowest BCUT2D eigenvalue weighted by Crippen LogP contribution is -1.83. The second kappa shape index (κ2) is 3.35. The Hall–Kier alpha value is -1.81. The van der Waals surface area contributed by atoms with Gasteiger partial charge in [-0.25, -0.2) is 4.98 Å². The zero-order chi connectivity index (χ0) is 11.1. The summed E-state index contributed by atoms with van der Waals surface area (Å²) in [5.41, 5.74) is 8.85. The molecule has 3 aromatic rings. The van der Waals surface area contributed by atoms with E-state index < -0.39 is 0 Å². The van der Waals surface area contributed by atoms with Crippen LogP contribution in [-0.4, -0.2) is 4.98 Å². The summed E-state index contributed by atoms with van der Waals surface area (Å²) in [6.07, 6.45) is 1.67. The minimum atomic E-state index is 0.591. The fourth-order valence-corrected chi connectivity index (χ4v) is 2.66. The maximum absolute atomic E-state index is 5.74. The zero-order valence-electron chi connectivity index (χ0n) is 8.73. The lowest BCUT2D eigenvalue weighted by atomic mass is 10.1. The van der Waals surface area contributed by atoms with Crippen LogP contribution in [0.25, 0.3) is 21.5 Å². The third-order valence-corrected chi connectivity index (χ3v) is 3.27. The Morgan fingerprint density at radius 3 is 3.00 bits per heavy atom. The van der Waals surface area contributed by atoms with Crippen molar-refractivity contribution in [2.24, 2.45) is 0 Å². The predicted molar refractivity (Wildman–Crippen MR) is 66.5 cm³/mol. The molecule has 0 aliphatic rings. The van der Waals surface area contributed by atoms with E-state index in [9.17, 15) is 0 Å². The lowest BCUT2D eigenvalue weighted by molar-refractivity contribution is 0.583. The van der Waals surface area contributed by atoms with Crippen LogP contribution in [-0.2, 0) is 0 Å². The zero-order valence-corrected chi connectivity index (χ0v) is 9.54. The largest absolute Gasteiger partial charge is 0.464 e. The quantitative estimate of drug-likeness (QED) is 0.696. The minimum absolute atomic E-state index is 0.591. The molecule has 16 heavy (non-hydrogen) atoms. The van der Waals surface area contributed by atoms with Crippen molar-refractivity contribution >= 4 is 26.7 Å². The summed E-state index contributed by atoms with van der Waals surface area (Å²) in [5, 5.41) is 0.591. The molecule has 2 aromatic heterocycles. The van der Waals surface area contributed by atoms with Gasteiger partial charge >= 0.3 is 0 Å². The minimum Gasteiger partial charge on any atom is -0.464 e. The standard InChI is InChI=1S/C12H10N2OS/c1-7-5-8(9-3-2-4-15-9)11-10(6-7)16-12(13)14-11/h2-6H,1H3,(H2,13,14). The number of nitrogens with two attached hydrogens (primary N) is 1. The van der Waals surface area contributed by atoms with E-state index in [1.54, 1.807) is 6.26 Å². The fraction of sp³-hybridized carbons (Fsp3) is 0.0833. The number of rotatable bonds is 1. The van der Waals surface area contributed by atoms with Crippen LogP contribution in [0.3, 0.4) is 0 Å². The predicted octanol–water partition coefficient (Wildman–Crippen LogP) is 3.45. The summed E-state index contributed by atoms with van der Waals surface area (Å²) in [5.74, 6) is 0.832. The van der Waals surface area contributed by atoms with Crippen molar-refractivity contribution in [3.8, 4) is 11.3 Å².